The van der Waals surface area contributed by atoms with Crippen LogP contribution in [0.2, 0.25) is 0 Å². The molecule has 268 valence electrons. The van der Waals surface area contributed by atoms with E-state index in [1.807, 2.05) is 12.1 Å². The Labute approximate surface area is 297 Å². The average Bonchev–Trinajstić information content (AvgIpc) is 3.50. The molecule has 4 aliphatic carbocycles. The van der Waals surface area contributed by atoms with Gasteiger partial charge in [-0.1, -0.05) is 65.5 Å². The number of nitrogens with zero attached hydrogens (tertiary/aromatic N) is 2. The van der Waals surface area contributed by atoms with Crippen molar-refractivity contribution >= 4 is 5.97 Å². The van der Waals surface area contributed by atoms with Gasteiger partial charge in [0.25, 0.3) is 5.82 Å². The maximum absolute atomic E-state index is 13.6. The number of carbonyl (C=O) groups is 1. The molecule has 5 aliphatic rings. The maximum atomic E-state index is 13.6. The predicted molar refractivity (Wildman–Crippen MR) is 197 cm³/mol. The van der Waals surface area contributed by atoms with E-state index in [4.69, 9.17) is 9.47 Å². The highest BCUT2D eigenvalue weighted by Gasteiger charge is 2.59. The van der Waals surface area contributed by atoms with Crippen LogP contribution in [0, 0.1) is 46.3 Å². The zero-order valence-electron chi connectivity index (χ0n) is 31.6. The molecule has 1 aromatic carbocycles. The third-order valence-electron chi connectivity index (χ3n) is 14.7. The summed E-state index contributed by atoms with van der Waals surface area (Å²) in [6.07, 6.45) is 23.6. The van der Waals surface area contributed by atoms with Crippen LogP contribution in [0.1, 0.15) is 130 Å². The quantitative estimate of drug-likeness (QED) is 0.144. The van der Waals surface area contributed by atoms with Gasteiger partial charge in [0, 0.05) is 18.4 Å². The van der Waals surface area contributed by atoms with Crippen LogP contribution >= 0.6 is 0 Å². The number of imidazole rings is 1. The van der Waals surface area contributed by atoms with Crippen molar-refractivity contribution in [3.05, 3.63) is 47.9 Å². The number of ether oxygens (including phenoxy) is 2. The summed E-state index contributed by atoms with van der Waals surface area (Å²) in [6.45, 7) is 13.9. The Hall–Kier alpha value is -2.56. The van der Waals surface area contributed by atoms with Gasteiger partial charge in [0.2, 0.25) is 0 Å². The molecule has 0 radical (unpaired) electrons. The molecular formula is C44H65N2O3+. The number of rotatable bonds is 10. The summed E-state index contributed by atoms with van der Waals surface area (Å²) >= 11 is 0. The molecule has 0 bridgehead atoms. The molecule has 1 aromatic heterocycles. The number of methoxy groups -OCH3 is 1. The van der Waals surface area contributed by atoms with Crippen LogP contribution in [-0.2, 0) is 29.0 Å². The molecule has 0 N–H and O–H groups in total. The van der Waals surface area contributed by atoms with Gasteiger partial charge in [-0.15, -0.1) is 0 Å². The van der Waals surface area contributed by atoms with Gasteiger partial charge in [0.05, 0.1) is 13.7 Å². The summed E-state index contributed by atoms with van der Waals surface area (Å²) < 4.78 is 16.4. The van der Waals surface area contributed by atoms with E-state index in [0.717, 1.165) is 85.5 Å². The van der Waals surface area contributed by atoms with Crippen molar-refractivity contribution in [1.29, 1.82) is 0 Å². The minimum Gasteiger partial charge on any atom is -0.497 e. The number of aromatic nitrogens is 2. The van der Waals surface area contributed by atoms with Gasteiger partial charge < -0.3 is 9.47 Å². The van der Waals surface area contributed by atoms with Crippen molar-refractivity contribution in [2.24, 2.45) is 46.3 Å². The molecule has 5 nitrogen and oxygen atoms in total. The zero-order valence-corrected chi connectivity index (χ0v) is 31.6. The van der Waals surface area contributed by atoms with Gasteiger partial charge in [-0.05, 0) is 135 Å². The first-order valence-corrected chi connectivity index (χ1v) is 20.3. The van der Waals surface area contributed by atoms with E-state index in [0.29, 0.717) is 12.0 Å². The molecule has 2 aromatic rings. The third-order valence-corrected chi connectivity index (χ3v) is 14.7. The summed E-state index contributed by atoms with van der Waals surface area (Å²) in [5, 5.41) is 0. The fraction of sp³-hybridized carbons (Fsp3) is 0.727. The molecule has 0 saturated heterocycles. The van der Waals surface area contributed by atoms with E-state index in [9.17, 15) is 4.79 Å². The van der Waals surface area contributed by atoms with E-state index in [2.05, 4.69) is 68.2 Å². The fourth-order valence-electron chi connectivity index (χ4n) is 12.1. The fourth-order valence-corrected chi connectivity index (χ4v) is 12.1. The van der Waals surface area contributed by atoms with Gasteiger partial charge in [-0.25, -0.2) is 13.9 Å². The summed E-state index contributed by atoms with van der Waals surface area (Å²) in [6, 6.07) is 8.31. The predicted octanol–water partition coefficient (Wildman–Crippen LogP) is 10.1. The average molecular weight is 670 g/mol. The van der Waals surface area contributed by atoms with E-state index in [-0.39, 0.29) is 17.5 Å². The van der Waals surface area contributed by atoms with E-state index in [1.54, 1.807) is 12.7 Å². The molecule has 0 amide bonds. The largest absolute Gasteiger partial charge is 0.497 e. The summed E-state index contributed by atoms with van der Waals surface area (Å²) in [7, 11) is 1.71. The Morgan fingerprint density at radius 1 is 0.980 bits per heavy atom. The lowest BCUT2D eigenvalue weighted by Gasteiger charge is -2.58. The second-order valence-electron chi connectivity index (χ2n) is 17.9. The molecule has 2 heterocycles. The van der Waals surface area contributed by atoms with Gasteiger partial charge in [-0.3, -0.25) is 0 Å². The highest BCUT2D eigenvalue weighted by Crippen LogP contribution is 2.67. The first-order valence-electron chi connectivity index (χ1n) is 20.3. The standard InChI is InChI=1S/C44H65N2O3/c1-30(2)11-10-12-31(3)37-20-21-38-36-19-16-33-27-35(22-24-43(33,4)39(36)23-25-44(37,38)5)49-42(47)29-45-28-40(32-14-17-34(48-6)18-15-32)46-26-9-7-8-13-41(45)46/h14-18,28,30-31,35-39H,7-13,19-27,29H2,1-6H3/q+1. The number of fused-ring (bicyclic) bond motifs is 6. The van der Waals surface area contributed by atoms with Gasteiger partial charge >= 0.3 is 5.97 Å². The van der Waals surface area contributed by atoms with Crippen molar-refractivity contribution in [2.75, 3.05) is 7.11 Å². The smallest absolute Gasteiger partial charge is 0.348 e. The summed E-state index contributed by atoms with van der Waals surface area (Å²) in [4.78, 5) is 13.6. The SMILES string of the molecule is COc1ccc(-c2c[n+](CC(=O)OC3CCC4(C)C(=CCC5C4CCC4(C)C(C(C)CCCC(C)C)CCC54)C3)c3n2CCCCC3)cc1. The second-order valence-corrected chi connectivity index (χ2v) is 17.9. The van der Waals surface area contributed by atoms with Crippen LogP contribution in [0.5, 0.6) is 5.75 Å². The molecule has 7 rings (SSSR count). The molecule has 1 aliphatic heterocycles. The lowest BCUT2D eigenvalue weighted by atomic mass is 9.47. The number of allylic oxidation sites excluding steroid dienone is 1. The molecule has 8 unspecified atom stereocenters. The molecule has 49 heavy (non-hydrogen) atoms. The van der Waals surface area contributed by atoms with Crippen LogP contribution in [0.4, 0.5) is 0 Å². The van der Waals surface area contributed by atoms with Crippen LogP contribution in [-0.4, -0.2) is 23.8 Å². The lowest BCUT2D eigenvalue weighted by molar-refractivity contribution is -0.692. The zero-order chi connectivity index (χ0) is 34.3. The Kier molecular flexibility index (Phi) is 10.1. The summed E-state index contributed by atoms with van der Waals surface area (Å²) in [5.41, 5.74) is 4.74. The van der Waals surface area contributed by atoms with Gasteiger partial charge in [-0.2, -0.15) is 0 Å². The maximum Gasteiger partial charge on any atom is 0.348 e. The third kappa shape index (κ3) is 6.66. The molecule has 5 heteroatoms. The molecule has 0 spiro atoms. The Bertz CT molecular complexity index is 1500. The van der Waals surface area contributed by atoms with Crippen molar-refractivity contribution < 1.29 is 18.8 Å². The first kappa shape index (κ1) is 34.9. The Morgan fingerprint density at radius 2 is 1.80 bits per heavy atom. The number of carbonyl (C=O) groups excluding carboxylic acids is 1. The van der Waals surface area contributed by atoms with Crippen molar-refractivity contribution in [1.82, 2.24) is 4.57 Å². The Morgan fingerprint density at radius 3 is 2.57 bits per heavy atom. The van der Waals surface area contributed by atoms with Gasteiger partial charge in [0.15, 0.2) is 12.2 Å². The van der Waals surface area contributed by atoms with E-state index < -0.39 is 0 Å². The highest BCUT2D eigenvalue weighted by atomic mass is 16.5. The second kappa shape index (κ2) is 14.2. The van der Waals surface area contributed by atoms with Crippen molar-refractivity contribution in [2.45, 2.75) is 150 Å². The molecule has 3 saturated carbocycles. The van der Waals surface area contributed by atoms with Crippen LogP contribution < -0.4 is 9.30 Å². The lowest BCUT2D eigenvalue weighted by Crippen LogP contribution is -2.51. The number of esters is 1. The van der Waals surface area contributed by atoms with Crippen molar-refractivity contribution in [3.8, 4) is 17.0 Å². The molecular weight excluding hydrogens is 604 g/mol. The number of benzene rings is 1. The number of hydrogen-bond donors (Lipinski definition) is 0. The normalized spacial score (nSPS) is 33.0. The first-order chi connectivity index (χ1) is 23.6. The Balaban J connectivity index is 1.00. The summed E-state index contributed by atoms with van der Waals surface area (Å²) in [5.74, 6) is 7.12. The van der Waals surface area contributed by atoms with E-state index in [1.165, 1.54) is 75.7 Å². The van der Waals surface area contributed by atoms with Crippen molar-refractivity contribution in [3.63, 3.8) is 0 Å². The van der Waals surface area contributed by atoms with Crippen LogP contribution in [0.15, 0.2) is 42.1 Å². The van der Waals surface area contributed by atoms with Gasteiger partial charge in [0.1, 0.15) is 18.1 Å². The van der Waals surface area contributed by atoms with Crippen LogP contribution in [0.3, 0.4) is 0 Å². The number of hydrogen-bond acceptors (Lipinski definition) is 3. The highest BCUT2D eigenvalue weighted by molar-refractivity contribution is 5.68. The minimum absolute atomic E-state index is 0.00246. The molecule has 3 fully saturated rings. The van der Waals surface area contributed by atoms with Crippen LogP contribution in [0.25, 0.3) is 11.3 Å². The monoisotopic (exact) mass is 669 g/mol. The van der Waals surface area contributed by atoms with E-state index >= 15 is 0 Å². The topological polar surface area (TPSA) is 44.3 Å². The molecule has 8 atom stereocenters. The minimum atomic E-state index is -0.0836.